The normalized spacial score (nSPS) is 15.2. The summed E-state index contributed by atoms with van der Waals surface area (Å²) in [6, 6.07) is 6.07. The fourth-order valence-electron chi connectivity index (χ4n) is 3.22. The summed E-state index contributed by atoms with van der Waals surface area (Å²) in [6.07, 6.45) is 11.0. The van der Waals surface area contributed by atoms with Crippen LogP contribution in [0.2, 0.25) is 0 Å². The van der Waals surface area contributed by atoms with Crippen molar-refractivity contribution in [2.75, 3.05) is 13.1 Å². The van der Waals surface area contributed by atoms with Crippen molar-refractivity contribution in [1.82, 2.24) is 14.5 Å². The third-order valence-electron chi connectivity index (χ3n) is 4.50. The van der Waals surface area contributed by atoms with Crippen LogP contribution in [0.3, 0.4) is 0 Å². The molecule has 0 bridgehead atoms. The van der Waals surface area contributed by atoms with Gasteiger partial charge in [-0.3, -0.25) is 10.4 Å². The van der Waals surface area contributed by atoms with Gasteiger partial charge in [-0.2, -0.15) is 0 Å². The van der Waals surface area contributed by atoms with Gasteiger partial charge in [0.15, 0.2) is 0 Å². The van der Waals surface area contributed by atoms with Crippen molar-refractivity contribution < 1.29 is 4.42 Å². The van der Waals surface area contributed by atoms with E-state index in [1.165, 1.54) is 24.6 Å². The van der Waals surface area contributed by atoms with E-state index in [0.29, 0.717) is 12.4 Å². The average molecular weight is 308 g/mol. The first-order valence-electron chi connectivity index (χ1n) is 8.11. The number of nitrogens with zero attached hydrogens (tertiary/aromatic N) is 3. The molecule has 118 valence electrons. The SMILES string of the molecule is N=C(c1coc(Cn2ccc3ccncc32)c1)N1CCCCC1. The number of hydrogen-bond acceptors (Lipinski definition) is 3. The molecule has 0 amide bonds. The molecule has 1 saturated heterocycles. The largest absolute Gasteiger partial charge is 0.467 e. The Hall–Kier alpha value is -2.56. The van der Waals surface area contributed by atoms with Crippen LogP contribution in [-0.2, 0) is 6.54 Å². The Labute approximate surface area is 135 Å². The summed E-state index contributed by atoms with van der Waals surface area (Å²) < 4.78 is 7.81. The second kappa shape index (κ2) is 5.91. The molecule has 5 heteroatoms. The zero-order valence-corrected chi connectivity index (χ0v) is 13.0. The van der Waals surface area contributed by atoms with E-state index >= 15 is 0 Å². The summed E-state index contributed by atoms with van der Waals surface area (Å²) in [5, 5.41) is 9.54. The van der Waals surface area contributed by atoms with Crippen molar-refractivity contribution in [2.45, 2.75) is 25.8 Å². The molecule has 1 fully saturated rings. The Morgan fingerprint density at radius 3 is 2.96 bits per heavy atom. The summed E-state index contributed by atoms with van der Waals surface area (Å²) >= 11 is 0. The first kappa shape index (κ1) is 14.1. The maximum atomic E-state index is 8.37. The number of furan rings is 1. The number of likely N-dealkylation sites (tertiary alicyclic amines) is 1. The quantitative estimate of drug-likeness (QED) is 0.595. The summed E-state index contributed by atoms with van der Waals surface area (Å²) in [5.74, 6) is 1.45. The third-order valence-corrected chi connectivity index (χ3v) is 4.50. The minimum Gasteiger partial charge on any atom is -0.467 e. The molecule has 0 radical (unpaired) electrons. The lowest BCUT2D eigenvalue weighted by molar-refractivity contribution is 0.341. The number of aromatic nitrogens is 2. The molecule has 1 N–H and O–H groups in total. The Morgan fingerprint density at radius 1 is 1.22 bits per heavy atom. The third kappa shape index (κ3) is 2.74. The molecule has 5 nitrogen and oxygen atoms in total. The van der Waals surface area contributed by atoms with E-state index in [1.54, 1.807) is 12.5 Å². The van der Waals surface area contributed by atoms with Crippen molar-refractivity contribution in [1.29, 1.82) is 5.41 Å². The van der Waals surface area contributed by atoms with Crippen molar-refractivity contribution in [3.05, 3.63) is 54.4 Å². The minimum atomic E-state index is 0.582. The summed E-state index contributed by atoms with van der Waals surface area (Å²) in [4.78, 5) is 6.34. The molecule has 3 aromatic heterocycles. The fraction of sp³-hybridized carbons (Fsp3) is 0.333. The number of amidine groups is 1. The molecule has 1 aliphatic rings. The molecule has 0 aliphatic carbocycles. The standard InChI is InChI=1S/C18H20N4O/c19-18(21-7-2-1-3-8-21)15-10-16(23-13-15)12-22-9-5-14-4-6-20-11-17(14)22/h4-6,9-11,13,19H,1-3,7-8,12H2. The molecular formula is C18H20N4O. The van der Waals surface area contributed by atoms with E-state index in [2.05, 4.69) is 20.5 Å². The lowest BCUT2D eigenvalue weighted by Crippen LogP contribution is -2.35. The number of fused-ring (bicyclic) bond motifs is 1. The molecule has 0 atom stereocenters. The second-order valence-electron chi connectivity index (χ2n) is 6.08. The van der Waals surface area contributed by atoms with Gasteiger partial charge in [0.05, 0.1) is 23.8 Å². The number of nitrogens with one attached hydrogen (secondary N) is 1. The van der Waals surface area contributed by atoms with Crippen molar-refractivity contribution in [3.8, 4) is 0 Å². The van der Waals surface area contributed by atoms with Gasteiger partial charge in [0, 0.05) is 30.9 Å². The minimum absolute atomic E-state index is 0.582. The van der Waals surface area contributed by atoms with E-state index in [0.717, 1.165) is 29.9 Å². The predicted molar refractivity (Wildman–Crippen MR) is 89.8 cm³/mol. The Morgan fingerprint density at radius 2 is 2.09 bits per heavy atom. The zero-order chi connectivity index (χ0) is 15.6. The summed E-state index contributed by atoms with van der Waals surface area (Å²) in [7, 11) is 0. The number of piperidine rings is 1. The van der Waals surface area contributed by atoms with Crippen LogP contribution in [0.25, 0.3) is 10.9 Å². The van der Waals surface area contributed by atoms with Crippen LogP contribution in [0.4, 0.5) is 0 Å². The Bertz CT molecular complexity index is 826. The van der Waals surface area contributed by atoms with Crippen LogP contribution in [0.5, 0.6) is 0 Å². The number of hydrogen-bond donors (Lipinski definition) is 1. The molecule has 3 aromatic rings. The molecule has 0 saturated carbocycles. The van der Waals surface area contributed by atoms with Gasteiger partial charge in [0.2, 0.25) is 0 Å². The highest BCUT2D eigenvalue weighted by molar-refractivity contribution is 5.96. The molecule has 0 spiro atoms. The second-order valence-corrected chi connectivity index (χ2v) is 6.08. The van der Waals surface area contributed by atoms with Gasteiger partial charge in [-0.15, -0.1) is 0 Å². The number of pyridine rings is 1. The molecule has 23 heavy (non-hydrogen) atoms. The van der Waals surface area contributed by atoms with Gasteiger partial charge in [0.1, 0.15) is 17.9 Å². The van der Waals surface area contributed by atoms with Crippen LogP contribution in [-0.4, -0.2) is 33.4 Å². The highest BCUT2D eigenvalue weighted by Crippen LogP contribution is 2.19. The zero-order valence-electron chi connectivity index (χ0n) is 13.0. The van der Waals surface area contributed by atoms with Gasteiger partial charge >= 0.3 is 0 Å². The van der Waals surface area contributed by atoms with Gasteiger partial charge in [0.25, 0.3) is 0 Å². The highest BCUT2D eigenvalue weighted by Gasteiger charge is 2.17. The van der Waals surface area contributed by atoms with Crippen LogP contribution < -0.4 is 0 Å². The topological polar surface area (TPSA) is 58.1 Å². The Balaban J connectivity index is 1.52. The van der Waals surface area contributed by atoms with E-state index < -0.39 is 0 Å². The molecule has 1 aliphatic heterocycles. The lowest BCUT2D eigenvalue weighted by Gasteiger charge is -2.28. The van der Waals surface area contributed by atoms with Crippen molar-refractivity contribution >= 4 is 16.7 Å². The average Bonchev–Trinajstić information content (AvgIpc) is 3.23. The van der Waals surface area contributed by atoms with Crippen molar-refractivity contribution in [2.24, 2.45) is 0 Å². The Kier molecular flexibility index (Phi) is 3.61. The monoisotopic (exact) mass is 308 g/mol. The highest BCUT2D eigenvalue weighted by atomic mass is 16.3. The van der Waals surface area contributed by atoms with Crippen LogP contribution >= 0.6 is 0 Å². The van der Waals surface area contributed by atoms with Gasteiger partial charge in [-0.05, 0) is 37.5 Å². The molecular weight excluding hydrogens is 288 g/mol. The van der Waals surface area contributed by atoms with E-state index in [4.69, 9.17) is 9.83 Å². The summed E-state index contributed by atoms with van der Waals surface area (Å²) in [5.41, 5.74) is 1.97. The summed E-state index contributed by atoms with van der Waals surface area (Å²) in [6.45, 7) is 2.61. The molecule has 0 unspecified atom stereocenters. The molecule has 4 rings (SSSR count). The van der Waals surface area contributed by atoms with E-state index in [-0.39, 0.29) is 0 Å². The smallest absolute Gasteiger partial charge is 0.131 e. The van der Waals surface area contributed by atoms with Gasteiger partial charge in [-0.1, -0.05) is 0 Å². The van der Waals surface area contributed by atoms with Gasteiger partial charge < -0.3 is 13.9 Å². The number of rotatable bonds is 3. The maximum Gasteiger partial charge on any atom is 0.131 e. The first-order valence-corrected chi connectivity index (χ1v) is 8.11. The van der Waals surface area contributed by atoms with E-state index in [1.807, 2.05) is 24.5 Å². The van der Waals surface area contributed by atoms with Crippen LogP contribution in [0.1, 0.15) is 30.6 Å². The molecule has 0 aromatic carbocycles. The van der Waals surface area contributed by atoms with Gasteiger partial charge in [-0.25, -0.2) is 0 Å². The predicted octanol–water partition coefficient (Wildman–Crippen LogP) is 3.49. The lowest BCUT2D eigenvalue weighted by atomic mass is 10.1. The fourth-order valence-corrected chi connectivity index (χ4v) is 3.22. The first-order chi connectivity index (χ1) is 11.3. The van der Waals surface area contributed by atoms with Crippen molar-refractivity contribution in [3.63, 3.8) is 0 Å². The maximum absolute atomic E-state index is 8.37. The van der Waals surface area contributed by atoms with Crippen LogP contribution in [0.15, 0.2) is 47.5 Å². The molecule has 4 heterocycles. The van der Waals surface area contributed by atoms with Crippen LogP contribution in [0, 0.1) is 5.41 Å². The van der Waals surface area contributed by atoms with E-state index in [9.17, 15) is 0 Å².